The van der Waals surface area contributed by atoms with Crippen LogP contribution in [0.3, 0.4) is 0 Å². The van der Waals surface area contributed by atoms with E-state index in [1.165, 1.54) is 11.8 Å². The van der Waals surface area contributed by atoms with Crippen molar-refractivity contribution in [1.82, 2.24) is 14.8 Å². The molecule has 0 spiro atoms. The predicted molar refractivity (Wildman–Crippen MR) is 140 cm³/mol. The van der Waals surface area contributed by atoms with Gasteiger partial charge in [0.15, 0.2) is 5.16 Å². The van der Waals surface area contributed by atoms with Crippen LogP contribution in [0.4, 0.5) is 5.69 Å². The highest BCUT2D eigenvalue weighted by atomic mass is 32.2. The highest BCUT2D eigenvalue weighted by molar-refractivity contribution is 7.99. The SMILES string of the molecule is Cc1cc(C)cc(N(CCC#N)C(=O)CSc2nnc(Cc3ccccc3)n2-c2ccccc2)c1. The largest absolute Gasteiger partial charge is 0.311 e. The minimum Gasteiger partial charge on any atom is -0.311 e. The zero-order valence-electron chi connectivity index (χ0n) is 19.9. The Labute approximate surface area is 210 Å². The molecule has 1 aromatic heterocycles. The summed E-state index contributed by atoms with van der Waals surface area (Å²) >= 11 is 1.36. The van der Waals surface area contributed by atoms with Gasteiger partial charge in [-0.15, -0.1) is 10.2 Å². The van der Waals surface area contributed by atoms with Crippen LogP contribution in [0.2, 0.25) is 0 Å². The van der Waals surface area contributed by atoms with Crippen LogP contribution in [-0.2, 0) is 11.2 Å². The van der Waals surface area contributed by atoms with E-state index in [9.17, 15) is 4.79 Å². The number of amides is 1. The molecular formula is C28H27N5OS. The number of thioether (sulfide) groups is 1. The van der Waals surface area contributed by atoms with Crippen molar-refractivity contribution in [3.05, 3.63) is 101 Å². The maximum Gasteiger partial charge on any atom is 0.237 e. The van der Waals surface area contributed by atoms with Crippen LogP contribution in [0, 0.1) is 25.2 Å². The lowest BCUT2D eigenvalue weighted by Crippen LogP contribution is -2.33. The number of carbonyl (C=O) groups is 1. The van der Waals surface area contributed by atoms with Crippen molar-refractivity contribution >= 4 is 23.4 Å². The number of aromatic nitrogens is 3. The zero-order valence-corrected chi connectivity index (χ0v) is 20.7. The third-order valence-corrected chi connectivity index (χ3v) is 6.42. The number of aryl methyl sites for hydroxylation is 2. The molecule has 0 saturated carbocycles. The van der Waals surface area contributed by atoms with Gasteiger partial charge in [0.25, 0.3) is 0 Å². The number of hydrogen-bond acceptors (Lipinski definition) is 5. The van der Waals surface area contributed by atoms with E-state index in [1.54, 1.807) is 4.90 Å². The second kappa shape index (κ2) is 11.5. The van der Waals surface area contributed by atoms with Crippen molar-refractivity contribution < 1.29 is 4.79 Å². The number of hydrogen-bond donors (Lipinski definition) is 0. The molecule has 0 aliphatic heterocycles. The lowest BCUT2D eigenvalue weighted by Gasteiger charge is -2.22. The van der Waals surface area contributed by atoms with Gasteiger partial charge in [-0.1, -0.05) is 66.4 Å². The van der Waals surface area contributed by atoms with Gasteiger partial charge in [0.1, 0.15) is 5.82 Å². The van der Waals surface area contributed by atoms with Crippen LogP contribution >= 0.6 is 11.8 Å². The summed E-state index contributed by atoms with van der Waals surface area (Å²) in [6, 6.07) is 28.3. The second-order valence-corrected chi connectivity index (χ2v) is 9.26. The molecule has 0 unspecified atom stereocenters. The minimum atomic E-state index is -0.0672. The molecule has 0 bridgehead atoms. The maximum absolute atomic E-state index is 13.3. The number of nitriles is 1. The molecule has 4 rings (SSSR count). The smallest absolute Gasteiger partial charge is 0.237 e. The second-order valence-electron chi connectivity index (χ2n) is 8.32. The third kappa shape index (κ3) is 6.17. The van der Waals surface area contributed by atoms with E-state index < -0.39 is 0 Å². The Hall–Kier alpha value is -3.89. The van der Waals surface area contributed by atoms with Gasteiger partial charge in [-0.25, -0.2) is 0 Å². The summed E-state index contributed by atoms with van der Waals surface area (Å²) in [5, 5.41) is 18.7. The summed E-state index contributed by atoms with van der Waals surface area (Å²) in [5.74, 6) is 0.935. The van der Waals surface area contributed by atoms with Gasteiger partial charge in [-0.2, -0.15) is 5.26 Å². The van der Waals surface area contributed by atoms with E-state index in [0.717, 1.165) is 33.9 Å². The summed E-state index contributed by atoms with van der Waals surface area (Å²) in [6.07, 6.45) is 0.902. The van der Waals surface area contributed by atoms with Crippen LogP contribution < -0.4 is 4.90 Å². The van der Waals surface area contributed by atoms with Gasteiger partial charge in [0, 0.05) is 24.3 Å². The molecule has 1 amide bonds. The number of carbonyl (C=O) groups excluding carboxylic acids is 1. The number of rotatable bonds is 9. The monoisotopic (exact) mass is 481 g/mol. The molecule has 0 aliphatic carbocycles. The van der Waals surface area contributed by atoms with Gasteiger partial charge in [-0.05, 0) is 54.8 Å². The standard InChI is InChI=1S/C28H27N5OS/c1-21-16-22(2)18-25(17-21)32(15-9-14-29)27(34)20-35-28-31-30-26(19-23-10-5-3-6-11-23)33(28)24-12-7-4-8-13-24/h3-8,10-13,16-18H,9,15,19-20H2,1-2H3. The Bertz CT molecular complexity index is 1310. The van der Waals surface area contributed by atoms with E-state index in [1.807, 2.05) is 79.1 Å². The zero-order chi connectivity index (χ0) is 24.6. The van der Waals surface area contributed by atoms with Crippen LogP contribution in [0.5, 0.6) is 0 Å². The Morgan fingerprint density at radius 1 is 0.971 bits per heavy atom. The lowest BCUT2D eigenvalue weighted by atomic mass is 10.1. The number of benzene rings is 3. The molecule has 0 saturated heterocycles. The number of anilines is 1. The fourth-order valence-electron chi connectivity index (χ4n) is 3.99. The molecule has 35 heavy (non-hydrogen) atoms. The van der Waals surface area contributed by atoms with Crippen LogP contribution in [0.1, 0.15) is 28.9 Å². The summed E-state index contributed by atoms with van der Waals surface area (Å²) < 4.78 is 2.02. The Morgan fingerprint density at radius 3 is 2.29 bits per heavy atom. The summed E-state index contributed by atoms with van der Waals surface area (Å²) in [4.78, 5) is 15.0. The molecule has 4 aromatic rings. The fourth-order valence-corrected chi connectivity index (χ4v) is 4.84. The van der Waals surface area contributed by atoms with Crippen molar-refractivity contribution in [3.63, 3.8) is 0 Å². The van der Waals surface area contributed by atoms with Crippen LogP contribution in [0.25, 0.3) is 5.69 Å². The van der Waals surface area contributed by atoms with Gasteiger partial charge in [0.2, 0.25) is 5.91 Å². The highest BCUT2D eigenvalue weighted by Crippen LogP contribution is 2.26. The van der Waals surface area contributed by atoms with Crippen molar-refractivity contribution in [2.45, 2.75) is 31.8 Å². The van der Waals surface area contributed by atoms with E-state index >= 15 is 0 Å². The quantitative estimate of drug-likeness (QED) is 0.295. The van der Waals surface area contributed by atoms with E-state index in [4.69, 9.17) is 5.26 Å². The maximum atomic E-state index is 13.3. The van der Waals surface area contributed by atoms with Gasteiger partial charge in [0.05, 0.1) is 18.2 Å². The third-order valence-electron chi connectivity index (χ3n) is 5.51. The van der Waals surface area contributed by atoms with Gasteiger partial charge in [-0.3, -0.25) is 9.36 Å². The molecule has 6 nitrogen and oxygen atoms in total. The van der Waals surface area contributed by atoms with Crippen molar-refractivity contribution in [2.24, 2.45) is 0 Å². The molecule has 1 heterocycles. The van der Waals surface area contributed by atoms with E-state index in [-0.39, 0.29) is 18.1 Å². The molecule has 0 atom stereocenters. The molecular weight excluding hydrogens is 454 g/mol. The van der Waals surface area contributed by atoms with Crippen LogP contribution in [-0.4, -0.2) is 33.0 Å². The highest BCUT2D eigenvalue weighted by Gasteiger charge is 2.20. The molecule has 7 heteroatoms. The van der Waals surface area contributed by atoms with E-state index in [2.05, 4.69) is 34.5 Å². The molecule has 0 fully saturated rings. The summed E-state index contributed by atoms with van der Waals surface area (Å²) in [7, 11) is 0. The number of para-hydroxylation sites is 1. The Kier molecular flexibility index (Phi) is 7.96. The van der Waals surface area contributed by atoms with Gasteiger partial charge < -0.3 is 4.90 Å². The fraction of sp³-hybridized carbons (Fsp3) is 0.214. The minimum absolute atomic E-state index is 0.0672. The first-order chi connectivity index (χ1) is 17.0. The van der Waals surface area contributed by atoms with Crippen molar-refractivity contribution in [2.75, 3.05) is 17.2 Å². The molecule has 0 N–H and O–H groups in total. The van der Waals surface area contributed by atoms with Crippen molar-refractivity contribution in [3.8, 4) is 11.8 Å². The molecule has 0 radical (unpaired) electrons. The van der Waals surface area contributed by atoms with Crippen molar-refractivity contribution in [1.29, 1.82) is 5.26 Å². The normalized spacial score (nSPS) is 10.7. The average Bonchev–Trinajstić information content (AvgIpc) is 3.25. The molecule has 0 aliphatic rings. The van der Waals surface area contributed by atoms with Gasteiger partial charge >= 0.3 is 0 Å². The van der Waals surface area contributed by atoms with Crippen LogP contribution in [0.15, 0.2) is 84.0 Å². The summed E-state index contributed by atoms with van der Waals surface area (Å²) in [5.41, 5.74) is 5.07. The van der Waals surface area contributed by atoms with E-state index in [0.29, 0.717) is 18.1 Å². The molecule has 176 valence electrons. The average molecular weight is 482 g/mol. The first-order valence-corrected chi connectivity index (χ1v) is 12.5. The molecule has 3 aromatic carbocycles. The Morgan fingerprint density at radius 2 is 1.63 bits per heavy atom. The predicted octanol–water partition coefficient (Wildman–Crippen LogP) is 5.51. The first kappa shape index (κ1) is 24.2. The first-order valence-electron chi connectivity index (χ1n) is 11.5. The Balaban J connectivity index is 1.59. The summed E-state index contributed by atoms with van der Waals surface area (Å²) in [6.45, 7) is 4.37. The lowest BCUT2D eigenvalue weighted by molar-refractivity contribution is -0.116. The topological polar surface area (TPSA) is 74.8 Å². The number of nitrogens with zero attached hydrogens (tertiary/aromatic N) is 5.